The Morgan fingerprint density at radius 2 is 1.10 bits per heavy atom. The second-order valence-electron chi connectivity index (χ2n) is 14.2. The molecule has 0 aromatic rings. The molecule has 0 aromatic heterocycles. The SMILES string of the molecule is CC(=C/C=C/C(C)=C/C=C/C=C(C)/C=C/C=C(C)\C=C\C1C(C)C(O)CCC1(C)C)/C=C/C1C(C)C(=O)CCC1(C)C. The Bertz CT molecular complexity index is 1190. The van der Waals surface area contributed by atoms with Gasteiger partial charge in [-0.3, -0.25) is 4.79 Å². The van der Waals surface area contributed by atoms with Crippen LogP contribution in [0.5, 0.6) is 0 Å². The van der Waals surface area contributed by atoms with Gasteiger partial charge in [0.05, 0.1) is 6.10 Å². The summed E-state index contributed by atoms with van der Waals surface area (Å²) in [6.45, 7) is 21.9. The van der Waals surface area contributed by atoms with Gasteiger partial charge in [-0.15, -0.1) is 0 Å². The van der Waals surface area contributed by atoms with E-state index in [1.165, 1.54) is 22.3 Å². The second-order valence-corrected chi connectivity index (χ2v) is 14.2. The fourth-order valence-electron chi connectivity index (χ4n) is 6.33. The van der Waals surface area contributed by atoms with Crippen LogP contribution in [0.2, 0.25) is 0 Å². The summed E-state index contributed by atoms with van der Waals surface area (Å²) in [5.41, 5.74) is 5.16. The fraction of sp³-hybridized carbons (Fsp3) is 0.525. The molecule has 2 nitrogen and oxygen atoms in total. The van der Waals surface area contributed by atoms with E-state index in [1.807, 2.05) is 0 Å². The maximum Gasteiger partial charge on any atom is 0.136 e. The third-order valence-corrected chi connectivity index (χ3v) is 9.52. The number of aliphatic hydroxyl groups is 1. The standard InChI is InChI=1S/C40H58O2/c1-29(17-13-19-31(3)21-23-35-33(5)37(41)25-27-39(35,7)8)15-11-12-16-30(2)18-14-20-32(4)22-24-36-34(6)38(42)26-28-40(36,9)10/h11-24,33-37,41H,25-28H2,1-10H3/b12-11+,17-13+,18-14+,23-21+,24-22+,29-15+,30-16+,31-19-,32-20-. The van der Waals surface area contributed by atoms with Crippen LogP contribution in [0.15, 0.2) is 107 Å². The number of hydrogen-bond donors (Lipinski definition) is 1. The molecule has 2 saturated carbocycles. The maximum atomic E-state index is 12.2. The van der Waals surface area contributed by atoms with Gasteiger partial charge >= 0.3 is 0 Å². The van der Waals surface area contributed by atoms with Gasteiger partial charge in [0.1, 0.15) is 5.78 Å². The van der Waals surface area contributed by atoms with E-state index >= 15 is 0 Å². The molecule has 2 fully saturated rings. The van der Waals surface area contributed by atoms with Crippen LogP contribution in [0.1, 0.15) is 94.9 Å². The minimum atomic E-state index is -0.196. The summed E-state index contributed by atoms with van der Waals surface area (Å²) in [5, 5.41) is 10.3. The molecule has 230 valence electrons. The smallest absolute Gasteiger partial charge is 0.136 e. The van der Waals surface area contributed by atoms with Crippen LogP contribution in [-0.4, -0.2) is 17.0 Å². The Hall–Kier alpha value is -2.71. The van der Waals surface area contributed by atoms with E-state index in [1.54, 1.807) is 0 Å². The summed E-state index contributed by atoms with van der Waals surface area (Å²) in [7, 11) is 0. The number of hydrogen-bond acceptors (Lipinski definition) is 2. The summed E-state index contributed by atoms with van der Waals surface area (Å²) in [6.07, 6.45) is 33.4. The number of ketones is 1. The minimum absolute atomic E-state index is 0.0978. The zero-order valence-corrected chi connectivity index (χ0v) is 28.2. The molecule has 0 aliphatic heterocycles. The van der Waals surface area contributed by atoms with Gasteiger partial charge in [0, 0.05) is 12.3 Å². The predicted octanol–water partition coefficient (Wildman–Crippen LogP) is 10.6. The Labute approximate surface area is 258 Å². The lowest BCUT2D eigenvalue weighted by molar-refractivity contribution is -0.128. The fourth-order valence-corrected chi connectivity index (χ4v) is 6.33. The number of aliphatic hydroxyl groups excluding tert-OH is 1. The Morgan fingerprint density at radius 3 is 1.62 bits per heavy atom. The molecule has 0 radical (unpaired) electrons. The largest absolute Gasteiger partial charge is 0.393 e. The van der Waals surface area contributed by atoms with Crippen molar-refractivity contribution in [1.82, 2.24) is 0 Å². The summed E-state index contributed by atoms with van der Waals surface area (Å²) in [6, 6.07) is 0. The predicted molar refractivity (Wildman–Crippen MR) is 183 cm³/mol. The zero-order chi connectivity index (χ0) is 31.5. The summed E-state index contributed by atoms with van der Waals surface area (Å²) in [5.74, 6) is 1.46. The van der Waals surface area contributed by atoms with Gasteiger partial charge in [-0.05, 0) is 75.5 Å². The molecule has 0 aromatic carbocycles. The first-order valence-electron chi connectivity index (χ1n) is 15.9. The molecule has 42 heavy (non-hydrogen) atoms. The topological polar surface area (TPSA) is 37.3 Å². The molecule has 2 heteroatoms. The van der Waals surface area contributed by atoms with Crippen molar-refractivity contribution in [2.45, 2.75) is 101 Å². The quantitative estimate of drug-likeness (QED) is 0.265. The molecular formula is C40H58O2. The van der Waals surface area contributed by atoms with E-state index in [0.717, 1.165) is 19.3 Å². The number of Topliss-reactive ketones (excluding diaryl/α,β-unsaturated/α-hetero) is 1. The van der Waals surface area contributed by atoms with E-state index in [-0.39, 0.29) is 28.8 Å². The average Bonchev–Trinajstić information content (AvgIpc) is 2.91. The molecule has 0 saturated heterocycles. The van der Waals surface area contributed by atoms with E-state index in [9.17, 15) is 9.90 Å². The first-order valence-corrected chi connectivity index (χ1v) is 15.9. The monoisotopic (exact) mass is 570 g/mol. The van der Waals surface area contributed by atoms with Crippen molar-refractivity contribution in [1.29, 1.82) is 0 Å². The molecule has 2 aliphatic rings. The van der Waals surface area contributed by atoms with E-state index < -0.39 is 0 Å². The number of carbonyl (C=O) groups excluding carboxylic acids is 1. The highest BCUT2D eigenvalue weighted by Crippen LogP contribution is 2.45. The van der Waals surface area contributed by atoms with Crippen molar-refractivity contribution in [3.8, 4) is 0 Å². The van der Waals surface area contributed by atoms with Crippen LogP contribution >= 0.6 is 0 Å². The van der Waals surface area contributed by atoms with Gasteiger partial charge in [-0.25, -0.2) is 0 Å². The Kier molecular flexibility index (Phi) is 13.7. The second kappa shape index (κ2) is 16.2. The van der Waals surface area contributed by atoms with Crippen LogP contribution in [0.25, 0.3) is 0 Å². The lowest BCUT2D eigenvalue weighted by atomic mass is 9.63. The van der Waals surface area contributed by atoms with Crippen molar-refractivity contribution in [3.05, 3.63) is 107 Å². The third-order valence-electron chi connectivity index (χ3n) is 9.52. The van der Waals surface area contributed by atoms with Crippen molar-refractivity contribution >= 4 is 5.78 Å². The molecule has 5 atom stereocenters. The van der Waals surface area contributed by atoms with Crippen molar-refractivity contribution in [3.63, 3.8) is 0 Å². The number of carbonyl (C=O) groups is 1. The molecule has 0 bridgehead atoms. The number of rotatable bonds is 10. The highest BCUT2D eigenvalue weighted by atomic mass is 16.3. The summed E-state index contributed by atoms with van der Waals surface area (Å²) >= 11 is 0. The Balaban J connectivity index is 1.88. The van der Waals surface area contributed by atoms with Gasteiger partial charge in [0.25, 0.3) is 0 Å². The lowest BCUT2D eigenvalue weighted by Crippen LogP contribution is -2.40. The van der Waals surface area contributed by atoms with Gasteiger partial charge in [-0.2, -0.15) is 0 Å². The first-order chi connectivity index (χ1) is 19.6. The van der Waals surface area contributed by atoms with E-state index in [2.05, 4.69) is 154 Å². The van der Waals surface area contributed by atoms with Crippen molar-refractivity contribution in [2.24, 2.45) is 34.5 Å². The van der Waals surface area contributed by atoms with E-state index in [4.69, 9.17) is 0 Å². The van der Waals surface area contributed by atoms with E-state index in [0.29, 0.717) is 24.0 Å². The zero-order valence-electron chi connectivity index (χ0n) is 28.2. The van der Waals surface area contributed by atoms with Crippen molar-refractivity contribution in [2.75, 3.05) is 0 Å². The van der Waals surface area contributed by atoms with Gasteiger partial charge in [0.15, 0.2) is 0 Å². The van der Waals surface area contributed by atoms with Crippen LogP contribution in [0, 0.1) is 34.5 Å². The van der Waals surface area contributed by atoms with Crippen LogP contribution in [-0.2, 0) is 4.79 Å². The summed E-state index contributed by atoms with van der Waals surface area (Å²) in [4.78, 5) is 12.2. The molecule has 0 spiro atoms. The Morgan fingerprint density at radius 1 is 0.667 bits per heavy atom. The lowest BCUT2D eigenvalue weighted by Gasteiger charge is -2.44. The van der Waals surface area contributed by atoms with Crippen LogP contribution in [0.4, 0.5) is 0 Å². The highest BCUT2D eigenvalue weighted by molar-refractivity contribution is 5.82. The molecule has 2 aliphatic carbocycles. The molecule has 0 amide bonds. The minimum Gasteiger partial charge on any atom is -0.393 e. The normalized spacial score (nSPS) is 30.2. The van der Waals surface area contributed by atoms with Crippen LogP contribution < -0.4 is 0 Å². The van der Waals surface area contributed by atoms with Crippen molar-refractivity contribution < 1.29 is 9.90 Å². The van der Waals surface area contributed by atoms with Gasteiger partial charge < -0.3 is 5.11 Å². The molecule has 1 N–H and O–H groups in total. The maximum absolute atomic E-state index is 12.2. The van der Waals surface area contributed by atoms with Gasteiger partial charge in [0.2, 0.25) is 0 Å². The highest BCUT2D eigenvalue weighted by Gasteiger charge is 2.40. The number of allylic oxidation sites excluding steroid dienone is 18. The molecular weight excluding hydrogens is 512 g/mol. The van der Waals surface area contributed by atoms with Gasteiger partial charge in [-0.1, -0.05) is 149 Å². The first kappa shape index (κ1) is 35.5. The van der Waals surface area contributed by atoms with Crippen LogP contribution in [0.3, 0.4) is 0 Å². The third kappa shape index (κ3) is 11.2. The average molecular weight is 571 g/mol. The molecule has 0 heterocycles. The summed E-state index contributed by atoms with van der Waals surface area (Å²) < 4.78 is 0. The molecule has 2 rings (SSSR count). The molecule has 5 unspecified atom stereocenters.